The molecular weight excluding hydrogens is 1470 g/mol. The van der Waals surface area contributed by atoms with Crippen LogP contribution in [0.5, 0.6) is 0 Å². The largest absolute Gasteiger partial charge is 0.469 e. The Bertz CT molecular complexity index is 1570. The Hall–Kier alpha value is -2.42. The van der Waals surface area contributed by atoms with Gasteiger partial charge in [-0.2, -0.15) is 0 Å². The molecule has 0 aromatic rings. The van der Waals surface area contributed by atoms with Gasteiger partial charge in [0.1, 0.15) is 5.78 Å². The number of hydrogen-bond acceptors (Lipinski definition) is 17. The van der Waals surface area contributed by atoms with Crippen LogP contribution in [-0.4, -0.2) is 227 Å². The average Bonchev–Trinajstić information content (AvgIpc) is 0.902. The zero-order valence-electron chi connectivity index (χ0n) is 87.3. The van der Waals surface area contributed by atoms with Crippen LogP contribution in [0.25, 0.3) is 0 Å². The highest BCUT2D eigenvalue weighted by Gasteiger charge is 2.18. The molecule has 0 aromatic carbocycles. The maximum atomic E-state index is 11.2. The molecule has 0 aromatic heterocycles. The van der Waals surface area contributed by atoms with Gasteiger partial charge >= 0.3 is 11.9 Å². The van der Waals surface area contributed by atoms with E-state index in [1.54, 1.807) is 0 Å². The van der Waals surface area contributed by atoms with E-state index in [9.17, 15) is 19.2 Å². The first-order chi connectivity index (χ1) is 54.1. The molecule has 0 amide bonds. The number of aliphatic hydroxyl groups is 2. The van der Waals surface area contributed by atoms with Crippen LogP contribution in [0.15, 0.2) is 12.7 Å². The van der Waals surface area contributed by atoms with E-state index >= 15 is 0 Å². The number of allylic oxidation sites excluding steroid dienone is 1. The van der Waals surface area contributed by atoms with Gasteiger partial charge in [-0.3, -0.25) is 38.8 Å². The molecule has 7 N–H and O–H groups in total. The van der Waals surface area contributed by atoms with E-state index in [2.05, 4.69) is 195 Å². The van der Waals surface area contributed by atoms with Crippen LogP contribution in [0.1, 0.15) is 437 Å². The molecule has 17 nitrogen and oxygen atoms in total. The predicted octanol–water partition coefficient (Wildman–Crippen LogP) is 26.6. The summed E-state index contributed by atoms with van der Waals surface area (Å²) in [4.78, 5) is 55.6. The fourth-order valence-corrected chi connectivity index (χ4v) is 9.64. The highest BCUT2D eigenvalue weighted by molar-refractivity contribution is 5.89. The molecule has 0 aliphatic carbocycles. The highest BCUT2D eigenvalue weighted by Crippen LogP contribution is 2.12. The molecule has 2 heterocycles. The number of piperazine rings is 1. The number of Topliss-reactive ketones (excluding diaryl/α,β-unsaturated/α-hetero) is 1. The van der Waals surface area contributed by atoms with E-state index in [0.717, 1.165) is 82.5 Å². The first-order valence-electron chi connectivity index (χ1n) is 47.7. The average molecular weight is 1710 g/mol. The van der Waals surface area contributed by atoms with Crippen molar-refractivity contribution in [1.29, 1.82) is 0 Å². The summed E-state index contributed by atoms with van der Waals surface area (Å²) in [7, 11) is 2.83. The van der Waals surface area contributed by atoms with Crippen LogP contribution < -0.4 is 21.7 Å². The number of piperidine rings is 1. The first kappa shape index (κ1) is 170. The van der Waals surface area contributed by atoms with Gasteiger partial charge in [-0.25, -0.2) is 0 Å². The van der Waals surface area contributed by atoms with Crippen molar-refractivity contribution in [3.63, 3.8) is 0 Å². The standard InChI is InChI=1S/C11H23N.C11H18O2.C10H21NO2.C9H21N3.2C8H19NO.C7H15NO2.C7H17N.C6H14.10C2H6.4CH4/c1-11(2)7-6-10-12-8-4-3-5-9-12;1-4-10(12)6-5-7-11(13)8-9(2)3;1-8(2)11(9(3)4)7-6-10(12)13-5;1-9(2)12-7-5-11(4-3-10)6-8-12;1-8(2)4-3-5-9-6-7-10;1-4-5-9(6-7-10)8(2)3;1-6(2)8-5-4-7(9)10-3;1-6(2)5-8-7(3)4;1-4-5-6(2)3;10*1-2;;;;/h11H,3-10H2,1-2H3;4,9H,1,5-8H2,2-3H3;8-9H,6-7H2,1-5H3;9H,3-8,10H2,1-2H3;8-10H,3-7H2,1-2H3;8,10H,4-7H2,1-3H3;6,8H,4-5H2,1-3H3;6-8H,5H2,1-4H3;6H,4-5H2,1-3H3;10*1-2H3;4*1H4. The SMILES string of the molecule is C.C.C.C.C=CC(=O)CCCC(=O)CC(C)C.CC.CC.CC.CC.CC.CC.CC.CC.CC.CC.CC(C)CCCN1CCCCC1.CC(C)CCCNCCO.CC(C)CNC(C)C.CC(C)N1CCN(CCN)CC1.CCCC(C)C.CCCN(CCO)C(C)C.COC(=O)CCN(C(C)C)C(C)C.COC(=O)CCNC(C)C. The molecule has 0 bridgehead atoms. The zero-order chi connectivity index (χ0) is 93.8. The number of ketones is 2. The summed E-state index contributed by atoms with van der Waals surface area (Å²) in [6.07, 6.45) is 18.0. The van der Waals surface area contributed by atoms with Crippen LogP contribution in [0.3, 0.4) is 0 Å². The third-order valence-corrected chi connectivity index (χ3v) is 15.1. The summed E-state index contributed by atoms with van der Waals surface area (Å²) in [5, 5.41) is 26.7. The van der Waals surface area contributed by atoms with Gasteiger partial charge < -0.3 is 46.3 Å². The minimum atomic E-state index is -0.159. The smallest absolute Gasteiger partial charge is 0.306 e. The summed E-state index contributed by atoms with van der Waals surface area (Å²) < 4.78 is 9.05. The molecular formula is C101H243N9O8. The van der Waals surface area contributed by atoms with Crippen LogP contribution in [0.2, 0.25) is 0 Å². The Morgan fingerprint density at radius 2 is 0.839 bits per heavy atom. The molecule has 0 atom stereocenters. The van der Waals surface area contributed by atoms with Crippen LogP contribution >= 0.6 is 0 Å². The summed E-state index contributed by atoms with van der Waals surface area (Å²) >= 11 is 0. The van der Waals surface area contributed by atoms with Gasteiger partial charge in [-0.1, -0.05) is 305 Å². The fourth-order valence-electron chi connectivity index (χ4n) is 9.64. The second-order valence-electron chi connectivity index (χ2n) is 29.0. The number of rotatable bonds is 39. The lowest BCUT2D eigenvalue weighted by atomic mass is 10.0. The minimum absolute atomic E-state index is 0. The van der Waals surface area contributed by atoms with Crippen molar-refractivity contribution in [1.82, 2.24) is 40.4 Å². The number of esters is 2. The molecule has 0 saturated carbocycles. The van der Waals surface area contributed by atoms with E-state index in [-0.39, 0.29) is 66.4 Å². The van der Waals surface area contributed by atoms with Gasteiger partial charge in [0.2, 0.25) is 0 Å². The second-order valence-corrected chi connectivity index (χ2v) is 29.0. The lowest BCUT2D eigenvalue weighted by Crippen LogP contribution is -2.49. The Kier molecular flexibility index (Phi) is 223. The number of ether oxygens (including phenoxy) is 2. The number of nitrogens with one attached hydrogen (secondary N) is 3. The number of nitrogens with two attached hydrogens (primary N) is 1. The Morgan fingerprint density at radius 1 is 0.432 bits per heavy atom. The van der Waals surface area contributed by atoms with Crippen LogP contribution in [0.4, 0.5) is 0 Å². The number of hydrogen-bond donors (Lipinski definition) is 6. The van der Waals surface area contributed by atoms with Crippen molar-refractivity contribution in [2.75, 3.05) is 132 Å². The number of nitrogens with zero attached hydrogens (tertiary/aromatic N) is 5. The monoisotopic (exact) mass is 1710 g/mol. The fraction of sp³-hybridized carbons (Fsp3) is 0.941. The van der Waals surface area contributed by atoms with Crippen molar-refractivity contribution < 1.29 is 38.9 Å². The Balaban J connectivity index is -0.0000000459. The Labute approximate surface area is 752 Å². The number of methoxy groups -OCH3 is 2. The molecule has 118 heavy (non-hydrogen) atoms. The van der Waals surface area contributed by atoms with Gasteiger partial charge in [0.15, 0.2) is 5.78 Å². The van der Waals surface area contributed by atoms with E-state index in [4.69, 9.17) is 15.9 Å². The van der Waals surface area contributed by atoms with Gasteiger partial charge in [0.25, 0.3) is 0 Å². The topological polar surface area (TPSA) is 206 Å². The van der Waals surface area contributed by atoms with E-state index < -0.39 is 0 Å². The Morgan fingerprint density at radius 3 is 1.14 bits per heavy atom. The lowest BCUT2D eigenvalue weighted by molar-refractivity contribution is -0.141. The molecule has 0 spiro atoms. The molecule has 2 fully saturated rings. The highest BCUT2D eigenvalue weighted by atomic mass is 16.5. The van der Waals surface area contributed by atoms with Gasteiger partial charge in [0.05, 0.1) is 40.3 Å². The van der Waals surface area contributed by atoms with Crippen molar-refractivity contribution in [3.05, 3.63) is 12.7 Å². The summed E-state index contributed by atoms with van der Waals surface area (Å²) in [5.41, 5.74) is 5.50. The molecule has 2 aliphatic heterocycles. The number of likely N-dealkylation sites (tertiary alicyclic amines) is 1. The third kappa shape index (κ3) is 183. The quantitative estimate of drug-likeness (QED) is 0.0192. The van der Waals surface area contributed by atoms with Crippen molar-refractivity contribution in [2.24, 2.45) is 35.3 Å². The number of carbonyl (C=O) groups excluding carboxylic acids is 4. The van der Waals surface area contributed by atoms with Crippen molar-refractivity contribution in [3.8, 4) is 0 Å². The van der Waals surface area contributed by atoms with E-state index in [0.29, 0.717) is 87.2 Å². The third-order valence-electron chi connectivity index (χ3n) is 15.1. The molecule has 0 unspecified atom stereocenters. The van der Waals surface area contributed by atoms with Gasteiger partial charge in [-0.05, 0) is 182 Å². The summed E-state index contributed by atoms with van der Waals surface area (Å²) in [5.74, 6) is 3.77. The van der Waals surface area contributed by atoms with E-state index in [1.165, 1.54) is 124 Å². The maximum absolute atomic E-state index is 11.2. The number of aliphatic hydroxyl groups excluding tert-OH is 2. The first-order valence-corrected chi connectivity index (χ1v) is 47.7. The summed E-state index contributed by atoms with van der Waals surface area (Å²) in [6.45, 7) is 113. The second kappa shape index (κ2) is 155. The van der Waals surface area contributed by atoms with Crippen LogP contribution in [0, 0.1) is 29.6 Å². The summed E-state index contributed by atoms with van der Waals surface area (Å²) in [6, 6.07) is 3.29. The lowest BCUT2D eigenvalue weighted by Gasteiger charge is -2.36. The number of carbonyl (C=O) groups is 4. The van der Waals surface area contributed by atoms with Gasteiger partial charge in [-0.15, -0.1) is 0 Å². The minimum Gasteiger partial charge on any atom is -0.469 e. The van der Waals surface area contributed by atoms with Gasteiger partial charge in [0, 0.05) is 121 Å². The predicted molar refractivity (Wildman–Crippen MR) is 550 cm³/mol. The normalized spacial score (nSPS) is 11.2. The van der Waals surface area contributed by atoms with Crippen LogP contribution in [-0.2, 0) is 28.7 Å². The molecule has 17 heteroatoms. The molecule has 2 rings (SSSR count). The van der Waals surface area contributed by atoms with Crippen molar-refractivity contribution in [2.45, 2.75) is 473 Å². The van der Waals surface area contributed by atoms with E-state index in [1.807, 2.05) is 166 Å². The van der Waals surface area contributed by atoms with Crippen molar-refractivity contribution >= 4 is 23.5 Å². The molecule has 2 saturated heterocycles. The molecule has 0 radical (unpaired) electrons. The zero-order valence-corrected chi connectivity index (χ0v) is 87.3. The molecule has 2 aliphatic rings. The molecule has 740 valence electrons. The maximum Gasteiger partial charge on any atom is 0.306 e.